The van der Waals surface area contributed by atoms with Crippen LogP contribution in [-0.2, 0) is 68.6 Å². The molecule has 22 N–H and O–H groups in total. The maximum absolute atomic E-state index is 16.5. The van der Waals surface area contributed by atoms with Crippen molar-refractivity contribution in [3.8, 4) is 62.9 Å². The predicted molar refractivity (Wildman–Crippen MR) is 431 cm³/mol. The number of phenols is 3. The number of carbonyl (C=O) groups is 8. The maximum atomic E-state index is 16.5. The Morgan fingerprint density at radius 2 is 1.29 bits per heavy atom. The summed E-state index contributed by atoms with van der Waals surface area (Å²) in [6.45, 7) is 11.5. The topological polar surface area (TPSA) is 570 Å². The van der Waals surface area contributed by atoms with E-state index >= 15 is 24.0 Å². The van der Waals surface area contributed by atoms with Crippen LogP contribution >= 0.6 is 23.2 Å². The van der Waals surface area contributed by atoms with Crippen molar-refractivity contribution >= 4 is 70.5 Å². The normalized spacial score (nSPS) is 30.2. The van der Waals surface area contributed by atoms with Gasteiger partial charge in [0.25, 0.3) is 0 Å². The Morgan fingerprint density at radius 1 is 0.672 bits per heavy atom. The van der Waals surface area contributed by atoms with E-state index in [1.165, 1.54) is 51.2 Å². The van der Waals surface area contributed by atoms with Crippen LogP contribution in [0.25, 0.3) is 11.1 Å². The summed E-state index contributed by atoms with van der Waals surface area (Å²) < 4.78 is 58.6. The maximum Gasteiger partial charge on any atom is 0.330 e. The SMILES string of the molecule is CCCOc1ccc(CN[C@@]2(C)C[C@H](O[C@H]3[C@H](Oc4c5cc6cc4Oc4ccc(cc4Cl)[C@@H](O[C@H]4C[C@](C)(N)[C@@H](O)[C@H](C)O4)[C@@H]4NC(=O)[C@H](NC(=O)[C@@H]6NC(=O)[C@H](CC(N)=O)NC(=O)[C@H](NC(=O)[C@@H](CC(C)C)NC)[C@H](O)c6ccc(c(Cl)c6)O5)c5ccc(O)c(c5)-c5c(O)cc(O)cc5C(C(=O)O)NC4=O)O[C@H](CO)[C@@H](O)[C@@H]3O)O[C@@H](C)[C@@H]2O)cc1. The number of carboxylic acids is 1. The molecule has 6 aromatic rings. The molecule has 7 amide bonds. The van der Waals surface area contributed by atoms with Crippen LogP contribution in [0.2, 0.25) is 10.0 Å². The second-order valence-corrected chi connectivity index (χ2v) is 32.8. The van der Waals surface area contributed by atoms with Gasteiger partial charge in [-0.05, 0) is 148 Å². The van der Waals surface area contributed by atoms with Gasteiger partial charge in [-0.2, -0.15) is 0 Å². The molecule has 14 rings (SSSR count). The van der Waals surface area contributed by atoms with Gasteiger partial charge in [0.1, 0.15) is 95.2 Å². The van der Waals surface area contributed by atoms with E-state index in [0.717, 1.165) is 60.5 Å². The Kier molecular flexibility index (Phi) is 28.2. The zero-order chi connectivity index (χ0) is 88.4. The lowest BCUT2D eigenvalue weighted by atomic mass is 9.84. The Hall–Kier alpha value is -10.3. The average molecular weight is 1740 g/mol. The first-order valence-corrected chi connectivity index (χ1v) is 40.3. The van der Waals surface area contributed by atoms with Crippen molar-refractivity contribution < 1.29 is 132 Å². The van der Waals surface area contributed by atoms with Crippen LogP contribution < -0.4 is 72.9 Å². The molecule has 22 atom stereocenters. The number of ether oxygens (including phenoxy) is 9. The zero-order valence-electron chi connectivity index (χ0n) is 67.4. The number of nitrogens with one attached hydrogen (secondary N) is 8. The van der Waals surface area contributed by atoms with Crippen molar-refractivity contribution in [2.75, 3.05) is 20.3 Å². The summed E-state index contributed by atoms with van der Waals surface area (Å²) in [7, 11) is 1.48. The summed E-state index contributed by atoms with van der Waals surface area (Å²) in [6, 6.07) is 6.90. The van der Waals surface area contributed by atoms with E-state index in [1.807, 2.05) is 32.9 Å². The van der Waals surface area contributed by atoms with Crippen LogP contribution in [0.1, 0.15) is 144 Å². The number of hydrogen-bond acceptors (Lipinski definition) is 29. The molecule has 1 unspecified atom stereocenters. The van der Waals surface area contributed by atoms with Crippen LogP contribution in [0.5, 0.6) is 51.7 Å². The summed E-state index contributed by atoms with van der Waals surface area (Å²) in [5.74, 6) is -15.5. The highest BCUT2D eigenvalue weighted by Crippen LogP contribution is 2.51. The zero-order valence-corrected chi connectivity index (χ0v) is 68.9. The van der Waals surface area contributed by atoms with Gasteiger partial charge in [0.15, 0.2) is 36.2 Å². The Balaban J connectivity index is 1.09. The summed E-state index contributed by atoms with van der Waals surface area (Å²) in [5.41, 5.74) is 7.79. The molecule has 0 aliphatic carbocycles. The summed E-state index contributed by atoms with van der Waals surface area (Å²) in [5, 5.41) is 137. The number of likely N-dealkylation sites (N-methyl/N-ethyl adjacent to an activating group) is 1. The largest absolute Gasteiger partial charge is 0.508 e. The minimum Gasteiger partial charge on any atom is -0.508 e. The van der Waals surface area contributed by atoms with E-state index in [0.29, 0.717) is 12.4 Å². The number of carbonyl (C=O) groups excluding carboxylic acids is 7. The minimum absolute atomic E-state index is 0.117. The van der Waals surface area contributed by atoms with E-state index < -0.39 is 261 Å². The first kappa shape index (κ1) is 90.9. The number of hydrogen-bond donors (Lipinski definition) is 20. The Bertz CT molecular complexity index is 4920. The highest BCUT2D eigenvalue weighted by atomic mass is 35.5. The third-order valence-corrected chi connectivity index (χ3v) is 22.8. The lowest BCUT2D eigenvalue weighted by Gasteiger charge is -2.48. The molecule has 37 nitrogen and oxygen atoms in total. The second-order valence-electron chi connectivity index (χ2n) is 32.0. The fraction of sp³-hybridized carbons (Fsp3) is 0.470. The molecule has 8 heterocycles. The quantitative estimate of drug-likeness (QED) is 0.0492. The molecular weight excluding hydrogens is 1640 g/mol. The molecule has 0 aromatic heterocycles. The van der Waals surface area contributed by atoms with E-state index in [1.54, 1.807) is 26.0 Å². The van der Waals surface area contributed by atoms with Crippen molar-refractivity contribution in [1.82, 2.24) is 42.5 Å². The smallest absolute Gasteiger partial charge is 0.330 e. The van der Waals surface area contributed by atoms with Crippen LogP contribution in [0.15, 0.2) is 103 Å². The van der Waals surface area contributed by atoms with Gasteiger partial charge < -0.3 is 148 Å². The third-order valence-electron chi connectivity index (χ3n) is 22.2. The lowest BCUT2D eigenvalue weighted by molar-refractivity contribution is -0.334. The third kappa shape index (κ3) is 20.0. The van der Waals surface area contributed by atoms with Crippen molar-refractivity contribution in [2.45, 2.75) is 220 Å². The summed E-state index contributed by atoms with van der Waals surface area (Å²) in [4.78, 5) is 121. The fourth-order valence-electron chi connectivity index (χ4n) is 15.6. The van der Waals surface area contributed by atoms with Crippen LogP contribution in [0, 0.1) is 5.92 Å². The molecule has 0 radical (unpaired) electrons. The summed E-state index contributed by atoms with van der Waals surface area (Å²) in [6.07, 6.45) is -22.1. The number of nitrogens with two attached hydrogens (primary N) is 2. The fourth-order valence-corrected chi connectivity index (χ4v) is 16.1. The number of aliphatic hydroxyl groups is 6. The first-order valence-electron chi connectivity index (χ1n) is 39.5. The number of aliphatic carboxylic acids is 1. The molecule has 3 saturated heterocycles. The molecule has 8 aliphatic rings. The Morgan fingerprint density at radius 3 is 1.90 bits per heavy atom. The van der Waals surface area contributed by atoms with Crippen molar-refractivity contribution in [3.63, 3.8) is 0 Å². The van der Waals surface area contributed by atoms with Gasteiger partial charge in [-0.3, -0.25) is 33.6 Å². The molecule has 658 valence electrons. The standard InChI is InChI=1S/C83H100Cl2N10O27/c1-9-20-114-43-15-10-37(11-16-43)32-89-83(7)31-59(116-36(5)73(83)105)121-71-68(103)67(102)56(33-96)119-81(71)122-70-54-25-41-26-55(70)118-53-19-14-40(24-47(53)85)69(120-58-30-82(6,87)72(104)35(4)115-58)65-79(111)93-63(80(112)113)45-27-42(97)28-51(99)60(45)44-22-38(12-17-50(44)98)61(76(108)95-65)92-77(109)62(41)91-75(107)49(29-57(86)100)90-78(110)64(94-74(106)48(88-8)21-34(2)3)66(101)39-13-18-52(117-54)46(84)23-39/h10-19,22-28,34-36,48-49,56,58-59,61-69,71-73,81,88-89,96-99,101-105H,9,20-21,29-33,87H2,1-8H3,(H2,86,100)(H,90,110)(H,91,107)(H,92,109)(H,93,111)(H,94,106)(H,95,108)(H,112,113)/t35-,36-,48+,49-,56+,58-,59-,61+,62+,63?,64+,65-,66+,67+,68-,69+,71+,72-,73-,81-,82-,83-/m0/s1. The molecular formula is C83H100Cl2N10O27. The van der Waals surface area contributed by atoms with Crippen LogP contribution in [-0.4, -0.2) is 222 Å². The number of amides is 7. The monoisotopic (exact) mass is 1740 g/mol. The highest BCUT2D eigenvalue weighted by Gasteiger charge is 2.53. The van der Waals surface area contributed by atoms with Gasteiger partial charge in [-0.1, -0.05) is 74.3 Å². The van der Waals surface area contributed by atoms with E-state index in [-0.39, 0.29) is 59.2 Å². The Labute approximate surface area is 709 Å². The number of fused-ring (bicyclic) bond motifs is 15. The van der Waals surface area contributed by atoms with Gasteiger partial charge in [0.2, 0.25) is 53.4 Å². The van der Waals surface area contributed by atoms with Gasteiger partial charge in [0, 0.05) is 53.2 Å². The molecule has 3 fully saturated rings. The average Bonchev–Trinajstić information content (AvgIpc) is 0.766. The number of rotatable bonds is 21. The number of carboxylic acid groups (broad SMARTS) is 1. The van der Waals surface area contributed by atoms with Gasteiger partial charge in [-0.25, -0.2) is 4.79 Å². The highest BCUT2D eigenvalue weighted by molar-refractivity contribution is 6.32. The second kappa shape index (κ2) is 37.8. The van der Waals surface area contributed by atoms with E-state index in [4.69, 9.17) is 77.3 Å². The summed E-state index contributed by atoms with van der Waals surface area (Å²) >= 11 is 14.6. The number of phenolic OH excluding ortho intramolecular Hbond substituents is 3. The van der Waals surface area contributed by atoms with Crippen LogP contribution in [0.3, 0.4) is 0 Å². The molecule has 6 aromatic carbocycles. The molecule has 0 saturated carbocycles. The minimum atomic E-state index is -2.39. The van der Waals surface area contributed by atoms with Gasteiger partial charge in [-0.15, -0.1) is 0 Å². The van der Waals surface area contributed by atoms with E-state index in [2.05, 4.69) is 42.5 Å². The molecule has 39 heteroatoms. The van der Waals surface area contributed by atoms with Crippen molar-refractivity contribution in [1.29, 1.82) is 0 Å². The molecule has 122 heavy (non-hydrogen) atoms. The number of aliphatic hydroxyl groups excluding tert-OH is 6. The number of benzene rings is 6. The molecule has 8 aliphatic heterocycles. The number of halogens is 2. The van der Waals surface area contributed by atoms with Crippen LogP contribution in [0.4, 0.5) is 0 Å². The van der Waals surface area contributed by atoms with Gasteiger partial charge >= 0.3 is 5.97 Å². The predicted octanol–water partition coefficient (Wildman–Crippen LogP) is 2.96. The van der Waals surface area contributed by atoms with E-state index in [9.17, 15) is 65.4 Å². The van der Waals surface area contributed by atoms with Gasteiger partial charge in [0.05, 0.1) is 60.1 Å². The van der Waals surface area contributed by atoms with Crippen molar-refractivity contribution in [2.24, 2.45) is 17.4 Å². The number of primary amides is 1. The van der Waals surface area contributed by atoms with Crippen molar-refractivity contribution in [3.05, 3.63) is 147 Å². The number of aromatic hydroxyl groups is 3. The first-order chi connectivity index (χ1) is 57.8. The molecule has 0 spiro atoms. The molecule has 11 bridgehead atoms. The lowest BCUT2D eigenvalue weighted by Crippen LogP contribution is -2.65.